The van der Waals surface area contributed by atoms with Crippen LogP contribution >= 0.6 is 0 Å². The van der Waals surface area contributed by atoms with Crippen molar-refractivity contribution in [1.82, 2.24) is 15.1 Å². The van der Waals surface area contributed by atoms with Crippen LogP contribution in [0.5, 0.6) is 5.75 Å². The van der Waals surface area contributed by atoms with E-state index in [0.717, 1.165) is 45.4 Å². The van der Waals surface area contributed by atoms with Gasteiger partial charge in [0.05, 0.1) is 17.0 Å². The molecule has 0 amide bonds. The third-order valence-corrected chi connectivity index (χ3v) is 5.48. The molecule has 6 nitrogen and oxygen atoms in total. The number of anilines is 1. The van der Waals surface area contributed by atoms with Crippen LogP contribution in [0.2, 0.25) is 0 Å². The van der Waals surface area contributed by atoms with Crippen LogP contribution in [0.1, 0.15) is 64.1 Å². The molecule has 0 saturated heterocycles. The van der Waals surface area contributed by atoms with Gasteiger partial charge in [-0.25, -0.2) is 4.98 Å². The summed E-state index contributed by atoms with van der Waals surface area (Å²) in [4.78, 5) is 8.93. The highest BCUT2D eigenvalue weighted by Gasteiger charge is 2.26. The fraction of sp³-hybridized carbons (Fsp3) is 0.345. The van der Waals surface area contributed by atoms with Crippen molar-refractivity contribution in [3.05, 3.63) is 89.5 Å². The molecule has 0 saturated carbocycles. The van der Waals surface area contributed by atoms with Crippen molar-refractivity contribution in [1.29, 1.82) is 0 Å². The standard InChI is InChI=1S/C29H34N4O2/c1-28(2,3)24-14-16-31-27(32-29(4,5)6)26(24)25-18-22(33-35-25)17-20-10-12-23(13-11-20)34-19-21-9-7-8-15-30-21/h7-16,18H,17,19H2,1-6H3,(H,31,32). The molecule has 6 heteroatoms. The number of pyridine rings is 2. The van der Waals surface area contributed by atoms with E-state index in [-0.39, 0.29) is 11.0 Å². The highest BCUT2D eigenvalue weighted by molar-refractivity contribution is 5.76. The Morgan fingerprint density at radius 1 is 0.857 bits per heavy atom. The van der Waals surface area contributed by atoms with Gasteiger partial charge in [0.1, 0.15) is 18.2 Å². The third-order valence-electron chi connectivity index (χ3n) is 5.48. The van der Waals surface area contributed by atoms with Gasteiger partial charge in [0, 0.05) is 30.4 Å². The Balaban J connectivity index is 1.52. The average molecular weight is 471 g/mol. The van der Waals surface area contributed by atoms with E-state index in [9.17, 15) is 0 Å². The molecule has 0 aliphatic carbocycles. The molecule has 0 bridgehead atoms. The predicted octanol–water partition coefficient (Wildman–Crippen LogP) is 6.81. The smallest absolute Gasteiger partial charge is 0.171 e. The fourth-order valence-electron chi connectivity index (χ4n) is 3.85. The molecule has 0 unspecified atom stereocenters. The van der Waals surface area contributed by atoms with Gasteiger partial charge in [0.15, 0.2) is 5.76 Å². The molecule has 0 aliphatic heterocycles. The number of benzene rings is 1. The Kier molecular flexibility index (Phi) is 6.92. The molecule has 182 valence electrons. The first kappa shape index (κ1) is 24.5. The molecule has 0 atom stereocenters. The highest BCUT2D eigenvalue weighted by Crippen LogP contribution is 2.38. The van der Waals surface area contributed by atoms with Crippen LogP contribution in [0.3, 0.4) is 0 Å². The molecule has 4 aromatic rings. The first-order valence-corrected chi connectivity index (χ1v) is 11.9. The maximum atomic E-state index is 5.86. The lowest BCUT2D eigenvalue weighted by molar-refractivity contribution is 0.301. The second kappa shape index (κ2) is 9.90. The predicted molar refractivity (Wildman–Crippen MR) is 140 cm³/mol. The summed E-state index contributed by atoms with van der Waals surface area (Å²) in [5, 5.41) is 7.91. The minimum absolute atomic E-state index is 0.0787. The SMILES string of the molecule is CC(C)(C)Nc1nccc(C(C)(C)C)c1-c1cc(Cc2ccc(OCc3ccccn3)cc2)no1. The number of ether oxygens (including phenoxy) is 1. The van der Waals surface area contributed by atoms with Crippen molar-refractivity contribution >= 4 is 5.82 Å². The van der Waals surface area contributed by atoms with E-state index < -0.39 is 0 Å². The summed E-state index contributed by atoms with van der Waals surface area (Å²) in [6.07, 6.45) is 4.29. The molecule has 0 aliphatic rings. The fourth-order valence-corrected chi connectivity index (χ4v) is 3.85. The normalized spacial score (nSPS) is 11.9. The lowest BCUT2D eigenvalue weighted by Crippen LogP contribution is -2.27. The van der Waals surface area contributed by atoms with Crippen LogP contribution < -0.4 is 10.1 Å². The van der Waals surface area contributed by atoms with Gasteiger partial charge in [-0.1, -0.05) is 44.1 Å². The second-order valence-corrected chi connectivity index (χ2v) is 10.8. The van der Waals surface area contributed by atoms with E-state index >= 15 is 0 Å². The van der Waals surface area contributed by atoms with Crippen LogP contribution in [-0.2, 0) is 18.4 Å². The molecule has 0 spiro atoms. The van der Waals surface area contributed by atoms with Crippen LogP contribution in [0.15, 0.2) is 71.5 Å². The van der Waals surface area contributed by atoms with E-state index in [4.69, 9.17) is 9.26 Å². The zero-order valence-electron chi connectivity index (χ0n) is 21.4. The van der Waals surface area contributed by atoms with Crippen molar-refractivity contribution in [3.8, 4) is 17.1 Å². The molecule has 4 rings (SSSR count). The quantitative estimate of drug-likeness (QED) is 0.320. The molecular formula is C29H34N4O2. The van der Waals surface area contributed by atoms with E-state index in [0.29, 0.717) is 13.0 Å². The first-order chi connectivity index (χ1) is 16.6. The summed E-state index contributed by atoms with van der Waals surface area (Å²) in [6, 6.07) is 17.9. The summed E-state index contributed by atoms with van der Waals surface area (Å²) >= 11 is 0. The molecule has 1 N–H and O–H groups in total. The molecule has 1 aromatic carbocycles. The van der Waals surface area contributed by atoms with Crippen LogP contribution in [0.25, 0.3) is 11.3 Å². The number of nitrogens with zero attached hydrogens (tertiary/aromatic N) is 3. The van der Waals surface area contributed by atoms with Gasteiger partial charge in [-0.15, -0.1) is 0 Å². The van der Waals surface area contributed by atoms with Gasteiger partial charge in [0.25, 0.3) is 0 Å². The van der Waals surface area contributed by atoms with Crippen molar-refractivity contribution in [3.63, 3.8) is 0 Å². The Morgan fingerprint density at radius 3 is 2.29 bits per heavy atom. The maximum Gasteiger partial charge on any atom is 0.171 e. The topological polar surface area (TPSA) is 73.1 Å². The van der Waals surface area contributed by atoms with Crippen molar-refractivity contribution in [2.75, 3.05) is 5.32 Å². The Bertz CT molecular complexity index is 1250. The minimum Gasteiger partial charge on any atom is -0.487 e. The van der Waals surface area contributed by atoms with E-state index in [1.54, 1.807) is 6.20 Å². The van der Waals surface area contributed by atoms with Gasteiger partial charge in [0.2, 0.25) is 0 Å². The number of hydrogen-bond acceptors (Lipinski definition) is 6. The van der Waals surface area contributed by atoms with Crippen LogP contribution in [-0.4, -0.2) is 20.7 Å². The summed E-state index contributed by atoms with van der Waals surface area (Å²) < 4.78 is 11.7. The number of rotatable bonds is 7. The van der Waals surface area contributed by atoms with Crippen molar-refractivity contribution in [2.24, 2.45) is 0 Å². The lowest BCUT2D eigenvalue weighted by atomic mass is 9.83. The van der Waals surface area contributed by atoms with Gasteiger partial charge in [-0.2, -0.15) is 0 Å². The molecule has 0 fully saturated rings. The summed E-state index contributed by atoms with van der Waals surface area (Å²) in [5.74, 6) is 2.34. The Labute approximate surface area is 207 Å². The Morgan fingerprint density at radius 2 is 1.63 bits per heavy atom. The number of aromatic nitrogens is 3. The summed E-state index contributed by atoms with van der Waals surface area (Å²) in [5.41, 5.74) is 4.81. The molecule has 3 heterocycles. The zero-order chi connectivity index (χ0) is 25.1. The van der Waals surface area contributed by atoms with Crippen molar-refractivity contribution in [2.45, 2.75) is 65.5 Å². The molecule has 3 aromatic heterocycles. The average Bonchev–Trinajstić information content (AvgIpc) is 3.25. The Hall–Kier alpha value is -3.67. The van der Waals surface area contributed by atoms with E-state index in [2.05, 4.69) is 80.2 Å². The zero-order valence-corrected chi connectivity index (χ0v) is 21.4. The van der Waals surface area contributed by atoms with Gasteiger partial charge >= 0.3 is 0 Å². The highest BCUT2D eigenvalue weighted by atomic mass is 16.5. The van der Waals surface area contributed by atoms with Gasteiger partial charge in [-0.3, -0.25) is 4.98 Å². The van der Waals surface area contributed by atoms with Crippen molar-refractivity contribution < 1.29 is 9.26 Å². The van der Waals surface area contributed by atoms with Gasteiger partial charge in [-0.05, 0) is 67.6 Å². The van der Waals surface area contributed by atoms with Crippen LogP contribution in [0.4, 0.5) is 5.82 Å². The molecule has 35 heavy (non-hydrogen) atoms. The van der Waals surface area contributed by atoms with E-state index in [1.165, 1.54) is 0 Å². The van der Waals surface area contributed by atoms with Crippen LogP contribution in [0, 0.1) is 0 Å². The maximum absolute atomic E-state index is 5.86. The minimum atomic E-state index is -0.137. The second-order valence-electron chi connectivity index (χ2n) is 10.8. The summed E-state index contributed by atoms with van der Waals surface area (Å²) in [7, 11) is 0. The van der Waals surface area contributed by atoms with E-state index in [1.807, 2.05) is 42.6 Å². The largest absolute Gasteiger partial charge is 0.487 e. The molecular weight excluding hydrogens is 436 g/mol. The monoisotopic (exact) mass is 470 g/mol. The first-order valence-electron chi connectivity index (χ1n) is 11.9. The summed E-state index contributed by atoms with van der Waals surface area (Å²) in [6.45, 7) is 13.4. The van der Waals surface area contributed by atoms with Gasteiger partial charge < -0.3 is 14.6 Å². The number of nitrogens with one attached hydrogen (secondary N) is 1. The number of hydrogen-bond donors (Lipinski definition) is 1. The third kappa shape index (κ3) is 6.47. The molecule has 0 radical (unpaired) electrons. The lowest BCUT2D eigenvalue weighted by Gasteiger charge is -2.27.